The predicted molar refractivity (Wildman–Crippen MR) is 104 cm³/mol. The van der Waals surface area contributed by atoms with E-state index in [0.717, 1.165) is 18.7 Å². The van der Waals surface area contributed by atoms with Gasteiger partial charge in [-0.15, -0.1) is 24.0 Å². The summed E-state index contributed by atoms with van der Waals surface area (Å²) in [6, 6.07) is 6.18. The van der Waals surface area contributed by atoms with Gasteiger partial charge in [0.05, 0.1) is 13.7 Å². The van der Waals surface area contributed by atoms with Crippen LogP contribution in [-0.4, -0.2) is 36.8 Å². The lowest BCUT2D eigenvalue weighted by Crippen LogP contribution is -2.38. The summed E-state index contributed by atoms with van der Waals surface area (Å²) in [6.45, 7) is 5.04. The van der Waals surface area contributed by atoms with Crippen molar-refractivity contribution in [2.24, 2.45) is 4.99 Å². The van der Waals surface area contributed by atoms with E-state index >= 15 is 0 Å². The molecule has 0 aliphatic carbocycles. The Morgan fingerprint density at radius 3 is 2.71 bits per heavy atom. The average Bonchev–Trinajstić information content (AvgIpc) is 2.96. The molecule has 0 bridgehead atoms. The van der Waals surface area contributed by atoms with Crippen LogP contribution in [0.15, 0.2) is 27.7 Å². The molecule has 0 saturated carbocycles. The average molecular weight is 445 g/mol. The molecule has 132 valence electrons. The number of aryl methyl sites for hydroxylation is 2. The van der Waals surface area contributed by atoms with Crippen molar-refractivity contribution in [1.29, 1.82) is 0 Å². The number of aliphatic imine (C=N–C) groups is 1. The lowest BCUT2D eigenvalue weighted by molar-refractivity contribution is 0.371. The van der Waals surface area contributed by atoms with Crippen molar-refractivity contribution in [3.05, 3.63) is 41.0 Å². The number of methoxy groups -OCH3 is 1. The molecule has 0 fully saturated rings. The zero-order valence-corrected chi connectivity index (χ0v) is 16.8. The first-order chi connectivity index (χ1) is 11.1. The Kier molecular flexibility index (Phi) is 8.51. The van der Waals surface area contributed by atoms with E-state index in [1.165, 1.54) is 11.1 Å². The predicted octanol–water partition coefficient (Wildman–Crippen LogP) is 2.22. The Balaban J connectivity index is 0.00000288. The number of benzene rings is 1. The van der Waals surface area contributed by atoms with Gasteiger partial charge in [-0.2, -0.15) is 4.98 Å². The highest BCUT2D eigenvalue weighted by Gasteiger charge is 2.06. The highest BCUT2D eigenvalue weighted by atomic mass is 127. The van der Waals surface area contributed by atoms with Gasteiger partial charge >= 0.3 is 0 Å². The van der Waals surface area contributed by atoms with E-state index in [-0.39, 0.29) is 24.0 Å². The summed E-state index contributed by atoms with van der Waals surface area (Å²) in [5.41, 5.74) is 2.39. The summed E-state index contributed by atoms with van der Waals surface area (Å²) in [6.07, 6.45) is 0.839. The van der Waals surface area contributed by atoms with Gasteiger partial charge in [0, 0.05) is 13.6 Å². The van der Waals surface area contributed by atoms with Crippen molar-refractivity contribution < 1.29 is 9.26 Å². The molecule has 0 unspecified atom stereocenters. The second-order valence-electron chi connectivity index (χ2n) is 5.15. The summed E-state index contributed by atoms with van der Waals surface area (Å²) in [5, 5.41) is 10.1. The minimum Gasteiger partial charge on any atom is -0.496 e. The molecule has 0 radical (unpaired) electrons. The Labute approximate surface area is 159 Å². The minimum absolute atomic E-state index is 0. The molecule has 2 rings (SSSR count). The molecule has 8 heteroatoms. The molecule has 1 heterocycles. The topological polar surface area (TPSA) is 84.6 Å². The third-order valence-corrected chi connectivity index (χ3v) is 3.32. The third kappa shape index (κ3) is 5.99. The van der Waals surface area contributed by atoms with Gasteiger partial charge in [-0.25, -0.2) is 0 Å². The molecule has 0 spiro atoms. The van der Waals surface area contributed by atoms with Gasteiger partial charge in [-0.3, -0.25) is 4.99 Å². The normalized spacial score (nSPS) is 10.9. The van der Waals surface area contributed by atoms with Crippen LogP contribution < -0.4 is 15.4 Å². The Morgan fingerprint density at radius 1 is 1.29 bits per heavy atom. The molecule has 0 aliphatic heterocycles. The van der Waals surface area contributed by atoms with Crippen LogP contribution in [0.5, 0.6) is 5.75 Å². The molecule has 1 aromatic carbocycles. The zero-order chi connectivity index (χ0) is 16.7. The van der Waals surface area contributed by atoms with Crippen LogP contribution in [0.25, 0.3) is 0 Å². The maximum Gasteiger partial charge on any atom is 0.246 e. The first kappa shape index (κ1) is 20.2. The second kappa shape index (κ2) is 10.1. The van der Waals surface area contributed by atoms with Crippen LogP contribution in [-0.2, 0) is 13.0 Å². The van der Waals surface area contributed by atoms with Crippen LogP contribution in [0.2, 0.25) is 0 Å². The van der Waals surface area contributed by atoms with Gasteiger partial charge < -0.3 is 19.9 Å². The van der Waals surface area contributed by atoms with Crippen LogP contribution in [0.3, 0.4) is 0 Å². The molecule has 0 atom stereocenters. The molecule has 2 aromatic rings. The quantitative estimate of drug-likeness (QED) is 0.403. The van der Waals surface area contributed by atoms with E-state index in [9.17, 15) is 0 Å². The summed E-state index contributed by atoms with van der Waals surface area (Å²) >= 11 is 0. The fraction of sp³-hybridized carbons (Fsp3) is 0.438. The Bertz CT molecular complexity index is 672. The smallest absolute Gasteiger partial charge is 0.246 e. The van der Waals surface area contributed by atoms with Crippen molar-refractivity contribution in [2.45, 2.75) is 26.8 Å². The van der Waals surface area contributed by atoms with Crippen molar-refractivity contribution in [1.82, 2.24) is 20.8 Å². The van der Waals surface area contributed by atoms with Crippen molar-refractivity contribution in [3.8, 4) is 5.75 Å². The summed E-state index contributed by atoms with van der Waals surface area (Å²) in [7, 11) is 3.41. The van der Waals surface area contributed by atoms with Gasteiger partial charge in [0.15, 0.2) is 11.8 Å². The molecule has 1 aromatic heterocycles. The number of nitrogens with zero attached hydrogens (tertiary/aromatic N) is 3. The van der Waals surface area contributed by atoms with E-state index < -0.39 is 0 Å². The van der Waals surface area contributed by atoms with E-state index in [0.29, 0.717) is 24.2 Å². The fourth-order valence-corrected chi connectivity index (χ4v) is 2.21. The second-order valence-corrected chi connectivity index (χ2v) is 5.15. The highest BCUT2D eigenvalue weighted by molar-refractivity contribution is 14.0. The summed E-state index contributed by atoms with van der Waals surface area (Å²) in [5.74, 6) is 2.75. The monoisotopic (exact) mass is 445 g/mol. The number of aromatic nitrogens is 2. The minimum atomic E-state index is 0. The lowest BCUT2D eigenvalue weighted by Gasteiger charge is -2.12. The fourth-order valence-electron chi connectivity index (χ4n) is 2.21. The van der Waals surface area contributed by atoms with E-state index in [1.54, 1.807) is 21.1 Å². The van der Waals surface area contributed by atoms with Crippen molar-refractivity contribution in [3.63, 3.8) is 0 Å². The van der Waals surface area contributed by atoms with E-state index in [1.807, 2.05) is 12.1 Å². The number of hydrogen-bond donors (Lipinski definition) is 2. The molecular formula is C16H24IN5O2. The maximum absolute atomic E-state index is 5.39. The molecule has 0 saturated heterocycles. The molecule has 0 aliphatic rings. The standard InChI is InChI=1S/C16H23N5O2.HI/c1-11-5-6-14(22-4)13(9-11)7-8-18-16(17-3)19-10-15-20-12(2)21-23-15;/h5-6,9H,7-8,10H2,1-4H3,(H2,17,18,19);1H. The lowest BCUT2D eigenvalue weighted by atomic mass is 10.1. The van der Waals surface area contributed by atoms with Gasteiger partial charge in [-0.1, -0.05) is 22.9 Å². The van der Waals surface area contributed by atoms with Gasteiger partial charge in [-0.05, 0) is 31.9 Å². The first-order valence-corrected chi connectivity index (χ1v) is 7.49. The van der Waals surface area contributed by atoms with Crippen molar-refractivity contribution in [2.75, 3.05) is 20.7 Å². The summed E-state index contributed by atoms with van der Waals surface area (Å²) in [4.78, 5) is 8.31. The molecule has 0 amide bonds. The van der Waals surface area contributed by atoms with Crippen molar-refractivity contribution >= 4 is 29.9 Å². The van der Waals surface area contributed by atoms with Gasteiger partial charge in [0.2, 0.25) is 5.89 Å². The summed E-state index contributed by atoms with van der Waals surface area (Å²) < 4.78 is 10.4. The number of halogens is 1. The van der Waals surface area contributed by atoms with Crippen LogP contribution in [0.4, 0.5) is 0 Å². The van der Waals surface area contributed by atoms with E-state index in [4.69, 9.17) is 9.26 Å². The number of rotatable bonds is 6. The number of ether oxygens (including phenoxy) is 1. The Morgan fingerprint density at radius 2 is 2.08 bits per heavy atom. The largest absolute Gasteiger partial charge is 0.496 e. The molecule has 2 N–H and O–H groups in total. The van der Waals surface area contributed by atoms with E-state index in [2.05, 4.69) is 38.8 Å². The Hall–Kier alpha value is -1.84. The maximum atomic E-state index is 5.39. The zero-order valence-electron chi connectivity index (χ0n) is 14.4. The molecule has 24 heavy (non-hydrogen) atoms. The SMILES string of the molecule is CN=C(NCCc1cc(C)ccc1OC)NCc1nc(C)no1.I. The number of nitrogens with one attached hydrogen (secondary N) is 2. The van der Waals surface area contributed by atoms with Gasteiger partial charge in [0.25, 0.3) is 0 Å². The third-order valence-electron chi connectivity index (χ3n) is 3.32. The van der Waals surface area contributed by atoms with Crippen LogP contribution >= 0.6 is 24.0 Å². The van der Waals surface area contributed by atoms with Crippen LogP contribution in [0.1, 0.15) is 22.8 Å². The van der Waals surface area contributed by atoms with Gasteiger partial charge in [0.1, 0.15) is 5.75 Å². The highest BCUT2D eigenvalue weighted by Crippen LogP contribution is 2.19. The van der Waals surface area contributed by atoms with Crippen LogP contribution in [0, 0.1) is 13.8 Å². The molecule has 7 nitrogen and oxygen atoms in total. The molecular weight excluding hydrogens is 421 g/mol. The first-order valence-electron chi connectivity index (χ1n) is 7.49. The number of hydrogen-bond acceptors (Lipinski definition) is 5. The number of guanidine groups is 1.